The number of nitrogens with zero attached hydrogens (tertiary/aromatic N) is 2. The summed E-state index contributed by atoms with van der Waals surface area (Å²) in [5.74, 6) is 1.01. The van der Waals surface area contributed by atoms with Gasteiger partial charge in [-0.05, 0) is 36.4 Å². The highest BCUT2D eigenvalue weighted by molar-refractivity contribution is 5.85. The number of rotatable bonds is 3. The largest absolute Gasteiger partial charge is 0.396 e. The third-order valence-electron chi connectivity index (χ3n) is 5.18. The second kappa shape index (κ2) is 6.48. The van der Waals surface area contributed by atoms with Crippen LogP contribution < -0.4 is 16.0 Å². The molecule has 1 aliphatic heterocycles. The van der Waals surface area contributed by atoms with Crippen LogP contribution in [0.2, 0.25) is 0 Å². The lowest BCUT2D eigenvalue weighted by molar-refractivity contribution is 0.586. The molecule has 0 aliphatic carbocycles. The van der Waals surface area contributed by atoms with Gasteiger partial charge >= 0.3 is 0 Å². The zero-order chi connectivity index (χ0) is 18.2. The summed E-state index contributed by atoms with van der Waals surface area (Å²) in [7, 11) is 0. The van der Waals surface area contributed by atoms with Crippen LogP contribution >= 0.6 is 0 Å². The van der Waals surface area contributed by atoms with Gasteiger partial charge in [0.25, 0.3) is 0 Å². The number of hydrogen-bond donors (Lipinski definition) is 4. The molecule has 0 spiro atoms. The van der Waals surface area contributed by atoms with E-state index in [0.29, 0.717) is 0 Å². The summed E-state index contributed by atoms with van der Waals surface area (Å²) < 4.78 is 0. The minimum atomic E-state index is 0.791. The number of nitrogens with one attached hydrogen (secondary N) is 3. The smallest absolute Gasteiger partial charge is 0.130 e. The van der Waals surface area contributed by atoms with E-state index in [1.165, 1.54) is 5.39 Å². The Morgan fingerprint density at radius 2 is 1.85 bits per heavy atom. The third-order valence-corrected chi connectivity index (χ3v) is 5.18. The number of nitrogen functional groups attached to an aromatic ring is 1. The van der Waals surface area contributed by atoms with Crippen LogP contribution in [-0.4, -0.2) is 41.1 Å². The quantitative estimate of drug-likeness (QED) is 0.453. The number of aromatic amines is 2. The molecule has 136 valence electrons. The molecule has 4 heterocycles. The standard InChI is InChI=1S/C21H22N6/c22-17-13-20(26-21(17)27-9-7-23-8-10-27)16-4-6-25-19(12-16)14-1-2-18-15(11-14)3-5-24-18/h1-6,11-13,23-24,26H,7-10,22H2. The van der Waals surface area contributed by atoms with Crippen LogP contribution in [-0.2, 0) is 0 Å². The van der Waals surface area contributed by atoms with Crippen molar-refractivity contribution in [2.75, 3.05) is 36.8 Å². The summed E-state index contributed by atoms with van der Waals surface area (Å²) in [5.41, 5.74) is 12.4. The lowest BCUT2D eigenvalue weighted by Gasteiger charge is -2.28. The van der Waals surface area contributed by atoms with E-state index in [0.717, 1.165) is 65.7 Å². The molecule has 3 aromatic heterocycles. The topological polar surface area (TPSA) is 85.8 Å². The summed E-state index contributed by atoms with van der Waals surface area (Å²) in [6, 6.07) is 14.6. The van der Waals surface area contributed by atoms with Crippen molar-refractivity contribution in [2.45, 2.75) is 0 Å². The molecule has 5 N–H and O–H groups in total. The molecule has 6 nitrogen and oxygen atoms in total. The van der Waals surface area contributed by atoms with Crippen LogP contribution in [0.5, 0.6) is 0 Å². The maximum Gasteiger partial charge on any atom is 0.130 e. The fourth-order valence-corrected chi connectivity index (χ4v) is 3.73. The number of aromatic nitrogens is 3. The van der Waals surface area contributed by atoms with Crippen molar-refractivity contribution in [1.29, 1.82) is 0 Å². The first-order chi connectivity index (χ1) is 13.3. The van der Waals surface area contributed by atoms with Crippen LogP contribution in [0, 0.1) is 0 Å². The molecule has 1 aromatic carbocycles. The van der Waals surface area contributed by atoms with Gasteiger partial charge in [-0.25, -0.2) is 0 Å². The van der Waals surface area contributed by atoms with E-state index in [1.54, 1.807) is 0 Å². The van der Waals surface area contributed by atoms with E-state index in [4.69, 9.17) is 5.73 Å². The van der Waals surface area contributed by atoms with Gasteiger partial charge in [0.05, 0.1) is 11.4 Å². The van der Waals surface area contributed by atoms with Crippen molar-refractivity contribution in [1.82, 2.24) is 20.3 Å². The van der Waals surface area contributed by atoms with Crippen molar-refractivity contribution >= 4 is 22.4 Å². The number of nitrogens with two attached hydrogens (primary N) is 1. The van der Waals surface area contributed by atoms with Crippen molar-refractivity contribution in [3.05, 3.63) is 54.9 Å². The summed E-state index contributed by atoms with van der Waals surface area (Å²) in [5, 5.41) is 4.56. The number of pyridine rings is 1. The predicted octanol–water partition coefficient (Wildman–Crippen LogP) is 3.22. The highest BCUT2D eigenvalue weighted by Crippen LogP contribution is 2.31. The number of H-pyrrole nitrogens is 2. The lowest BCUT2D eigenvalue weighted by Crippen LogP contribution is -2.43. The van der Waals surface area contributed by atoms with Gasteiger partial charge in [0.1, 0.15) is 5.82 Å². The number of benzene rings is 1. The van der Waals surface area contributed by atoms with Gasteiger partial charge in [-0.1, -0.05) is 6.07 Å². The summed E-state index contributed by atoms with van der Waals surface area (Å²) in [4.78, 5) is 13.6. The molecule has 6 heteroatoms. The third kappa shape index (κ3) is 2.94. The van der Waals surface area contributed by atoms with Gasteiger partial charge in [-0.15, -0.1) is 0 Å². The van der Waals surface area contributed by atoms with E-state index >= 15 is 0 Å². The number of hydrogen-bond acceptors (Lipinski definition) is 4. The van der Waals surface area contributed by atoms with E-state index in [-0.39, 0.29) is 0 Å². The molecule has 0 radical (unpaired) electrons. The fourth-order valence-electron chi connectivity index (χ4n) is 3.73. The lowest BCUT2D eigenvalue weighted by atomic mass is 10.1. The fraction of sp³-hybridized carbons (Fsp3) is 0.190. The Kier molecular flexibility index (Phi) is 3.83. The van der Waals surface area contributed by atoms with Gasteiger partial charge in [0, 0.05) is 66.3 Å². The van der Waals surface area contributed by atoms with Gasteiger partial charge in [-0.3, -0.25) is 4.98 Å². The Balaban J connectivity index is 1.50. The van der Waals surface area contributed by atoms with Crippen LogP contribution in [0.1, 0.15) is 0 Å². The average Bonchev–Trinajstić information content (AvgIpc) is 3.34. The molecule has 1 saturated heterocycles. The first-order valence-corrected chi connectivity index (χ1v) is 9.26. The molecule has 0 atom stereocenters. The Morgan fingerprint density at radius 1 is 0.963 bits per heavy atom. The Labute approximate surface area is 157 Å². The normalized spacial score (nSPS) is 14.7. The molecule has 0 unspecified atom stereocenters. The second-order valence-electron chi connectivity index (χ2n) is 6.93. The van der Waals surface area contributed by atoms with E-state index in [1.807, 2.05) is 24.5 Å². The molecule has 1 fully saturated rings. The molecule has 1 aliphatic rings. The minimum absolute atomic E-state index is 0.791. The van der Waals surface area contributed by atoms with Crippen molar-refractivity contribution in [3.63, 3.8) is 0 Å². The van der Waals surface area contributed by atoms with Crippen LogP contribution in [0.4, 0.5) is 11.5 Å². The SMILES string of the molecule is Nc1cc(-c2ccnc(-c3ccc4[nH]ccc4c3)c2)[nH]c1N1CCNCC1. The van der Waals surface area contributed by atoms with Gasteiger partial charge in [0.15, 0.2) is 0 Å². The summed E-state index contributed by atoms with van der Waals surface area (Å²) in [6.07, 6.45) is 3.81. The Bertz CT molecular complexity index is 1090. The van der Waals surface area contributed by atoms with E-state index in [9.17, 15) is 0 Å². The highest BCUT2D eigenvalue weighted by Gasteiger charge is 2.16. The zero-order valence-electron chi connectivity index (χ0n) is 15.0. The van der Waals surface area contributed by atoms with Crippen molar-refractivity contribution in [2.24, 2.45) is 0 Å². The molecule has 4 aromatic rings. The molecular weight excluding hydrogens is 336 g/mol. The monoisotopic (exact) mass is 358 g/mol. The Morgan fingerprint density at radius 3 is 2.74 bits per heavy atom. The molecule has 0 bridgehead atoms. The molecule has 27 heavy (non-hydrogen) atoms. The van der Waals surface area contributed by atoms with Gasteiger partial charge in [-0.2, -0.15) is 0 Å². The first-order valence-electron chi connectivity index (χ1n) is 9.26. The van der Waals surface area contributed by atoms with Gasteiger partial charge < -0.3 is 25.9 Å². The Hall–Kier alpha value is -3.25. The molecule has 5 rings (SSSR count). The average molecular weight is 358 g/mol. The van der Waals surface area contributed by atoms with Gasteiger partial charge in [0.2, 0.25) is 0 Å². The first kappa shape index (κ1) is 16.0. The predicted molar refractivity (Wildman–Crippen MR) is 111 cm³/mol. The summed E-state index contributed by atoms with van der Waals surface area (Å²) >= 11 is 0. The molecule has 0 amide bonds. The number of fused-ring (bicyclic) bond motifs is 1. The van der Waals surface area contributed by atoms with Crippen LogP contribution in [0.15, 0.2) is 54.9 Å². The molecule has 0 saturated carbocycles. The number of anilines is 2. The summed E-state index contributed by atoms with van der Waals surface area (Å²) in [6.45, 7) is 3.88. The molecular formula is C21H22N6. The van der Waals surface area contributed by atoms with Crippen molar-refractivity contribution in [3.8, 4) is 22.5 Å². The van der Waals surface area contributed by atoms with E-state index in [2.05, 4.69) is 55.5 Å². The minimum Gasteiger partial charge on any atom is -0.396 e. The zero-order valence-corrected chi connectivity index (χ0v) is 15.0. The van der Waals surface area contributed by atoms with Crippen molar-refractivity contribution < 1.29 is 0 Å². The van der Waals surface area contributed by atoms with Crippen LogP contribution in [0.3, 0.4) is 0 Å². The maximum atomic E-state index is 6.30. The van der Waals surface area contributed by atoms with E-state index < -0.39 is 0 Å². The highest BCUT2D eigenvalue weighted by atomic mass is 15.2. The second-order valence-corrected chi connectivity index (χ2v) is 6.93. The maximum absolute atomic E-state index is 6.30. The number of piperazine rings is 1. The van der Waals surface area contributed by atoms with Crippen LogP contribution in [0.25, 0.3) is 33.4 Å².